The summed E-state index contributed by atoms with van der Waals surface area (Å²) in [6, 6.07) is 9.93. The van der Waals surface area contributed by atoms with E-state index in [0.29, 0.717) is 19.6 Å². The van der Waals surface area contributed by atoms with Gasteiger partial charge in [0, 0.05) is 31.6 Å². The van der Waals surface area contributed by atoms with Crippen LogP contribution in [0.25, 0.3) is 0 Å². The fourth-order valence-corrected chi connectivity index (χ4v) is 3.19. The largest absolute Gasteiger partial charge is 0.353 e. The van der Waals surface area contributed by atoms with Gasteiger partial charge in [0.1, 0.15) is 0 Å². The van der Waals surface area contributed by atoms with Crippen LogP contribution in [-0.2, 0) is 9.59 Å². The quantitative estimate of drug-likeness (QED) is 0.858. The summed E-state index contributed by atoms with van der Waals surface area (Å²) in [5.41, 5.74) is 6.82. The first-order valence-corrected chi connectivity index (χ1v) is 8.53. The van der Waals surface area contributed by atoms with E-state index in [2.05, 4.69) is 5.32 Å². The minimum absolute atomic E-state index is 0.102. The van der Waals surface area contributed by atoms with Gasteiger partial charge in [0.25, 0.3) is 0 Å². The van der Waals surface area contributed by atoms with Crippen LogP contribution in [0.5, 0.6) is 0 Å². The second kappa shape index (κ2) is 7.13. The Kier molecular flexibility index (Phi) is 4.96. The molecule has 2 fully saturated rings. The topological polar surface area (TPSA) is 75.4 Å². The van der Waals surface area contributed by atoms with Crippen LogP contribution in [-0.4, -0.2) is 42.4 Å². The number of nitrogens with zero attached hydrogens (tertiary/aromatic N) is 1. The molecule has 0 spiro atoms. The third-order valence-corrected chi connectivity index (χ3v) is 4.84. The molecule has 1 saturated carbocycles. The smallest absolute Gasteiger partial charge is 0.231 e. The lowest BCUT2D eigenvalue weighted by Gasteiger charge is -2.34. The molecule has 124 valence electrons. The van der Waals surface area contributed by atoms with Gasteiger partial charge in [-0.15, -0.1) is 0 Å². The molecular formula is C18H25N3O2. The molecule has 5 heteroatoms. The second-order valence-electron chi connectivity index (χ2n) is 6.58. The predicted octanol–water partition coefficient (Wildman–Crippen LogP) is 1.25. The van der Waals surface area contributed by atoms with Crippen molar-refractivity contribution in [1.29, 1.82) is 0 Å². The number of piperidine rings is 1. The Bertz CT molecular complexity index is 549. The number of benzene rings is 1. The van der Waals surface area contributed by atoms with E-state index >= 15 is 0 Å². The van der Waals surface area contributed by atoms with Crippen LogP contribution < -0.4 is 11.1 Å². The molecule has 2 aliphatic rings. The van der Waals surface area contributed by atoms with Crippen LogP contribution in [0.15, 0.2) is 30.3 Å². The Balaban J connectivity index is 1.53. The van der Waals surface area contributed by atoms with Gasteiger partial charge in [0.05, 0.1) is 5.92 Å². The zero-order chi connectivity index (χ0) is 16.2. The summed E-state index contributed by atoms with van der Waals surface area (Å²) in [7, 11) is 0. The molecule has 0 bridgehead atoms. The molecule has 0 aromatic heterocycles. The molecule has 5 nitrogen and oxygen atoms in total. The number of carbonyl (C=O) groups is 2. The number of amides is 2. The Morgan fingerprint density at radius 3 is 2.35 bits per heavy atom. The molecular weight excluding hydrogens is 290 g/mol. The summed E-state index contributed by atoms with van der Waals surface area (Å²) in [5.74, 6) is 0.271. The van der Waals surface area contributed by atoms with E-state index in [-0.39, 0.29) is 29.7 Å². The molecule has 1 heterocycles. The summed E-state index contributed by atoms with van der Waals surface area (Å²) >= 11 is 0. The number of nitrogens with two attached hydrogens (primary N) is 1. The Hall–Kier alpha value is -1.88. The molecule has 0 radical (unpaired) electrons. The summed E-state index contributed by atoms with van der Waals surface area (Å²) in [5, 5.41) is 3.11. The van der Waals surface area contributed by atoms with E-state index in [0.717, 1.165) is 31.2 Å². The van der Waals surface area contributed by atoms with Gasteiger partial charge in [0.2, 0.25) is 11.8 Å². The first-order valence-electron chi connectivity index (χ1n) is 8.53. The molecule has 2 amide bonds. The van der Waals surface area contributed by atoms with Gasteiger partial charge in [-0.1, -0.05) is 30.3 Å². The molecule has 3 N–H and O–H groups in total. The minimum atomic E-state index is -0.270. The maximum Gasteiger partial charge on any atom is 0.231 e. The van der Waals surface area contributed by atoms with Crippen molar-refractivity contribution in [1.82, 2.24) is 10.2 Å². The Morgan fingerprint density at radius 1 is 1.13 bits per heavy atom. The van der Waals surface area contributed by atoms with Crippen molar-refractivity contribution in [3.63, 3.8) is 0 Å². The van der Waals surface area contributed by atoms with Crippen LogP contribution in [0.1, 0.15) is 37.2 Å². The van der Waals surface area contributed by atoms with Gasteiger partial charge in [-0.05, 0) is 31.2 Å². The molecule has 1 aliphatic heterocycles. The predicted molar refractivity (Wildman–Crippen MR) is 88.7 cm³/mol. The van der Waals surface area contributed by atoms with Crippen LogP contribution >= 0.6 is 0 Å². The number of likely N-dealkylation sites (tertiary alicyclic amines) is 1. The van der Waals surface area contributed by atoms with E-state index in [9.17, 15) is 9.59 Å². The van der Waals surface area contributed by atoms with Crippen LogP contribution in [0.3, 0.4) is 0 Å². The monoisotopic (exact) mass is 315 g/mol. The van der Waals surface area contributed by atoms with Gasteiger partial charge in [-0.25, -0.2) is 0 Å². The summed E-state index contributed by atoms with van der Waals surface area (Å²) in [4.78, 5) is 26.4. The highest BCUT2D eigenvalue weighted by molar-refractivity contribution is 5.84. The molecule has 1 unspecified atom stereocenters. The highest BCUT2D eigenvalue weighted by Gasteiger charge is 2.33. The average Bonchev–Trinajstić information content (AvgIpc) is 3.42. The lowest BCUT2D eigenvalue weighted by molar-refractivity contribution is -0.133. The van der Waals surface area contributed by atoms with E-state index in [1.54, 1.807) is 0 Å². The zero-order valence-electron chi connectivity index (χ0n) is 13.4. The lowest BCUT2D eigenvalue weighted by atomic mass is 9.96. The third-order valence-electron chi connectivity index (χ3n) is 4.84. The summed E-state index contributed by atoms with van der Waals surface area (Å²) in [6.45, 7) is 1.71. The van der Waals surface area contributed by atoms with Crippen LogP contribution in [0.2, 0.25) is 0 Å². The normalized spacial score (nSPS) is 20.1. The van der Waals surface area contributed by atoms with Crippen molar-refractivity contribution in [3.8, 4) is 0 Å². The van der Waals surface area contributed by atoms with Crippen molar-refractivity contribution in [2.75, 3.05) is 19.6 Å². The SMILES string of the molecule is NCC(C(=O)N1CCC(NC(=O)C2CC2)CC1)c1ccccc1. The average molecular weight is 315 g/mol. The fourth-order valence-electron chi connectivity index (χ4n) is 3.19. The van der Waals surface area contributed by atoms with Gasteiger partial charge in [-0.2, -0.15) is 0 Å². The van der Waals surface area contributed by atoms with E-state index < -0.39 is 0 Å². The van der Waals surface area contributed by atoms with Crippen molar-refractivity contribution in [2.24, 2.45) is 11.7 Å². The van der Waals surface area contributed by atoms with Crippen molar-refractivity contribution in [3.05, 3.63) is 35.9 Å². The van der Waals surface area contributed by atoms with E-state index in [1.807, 2.05) is 35.2 Å². The maximum absolute atomic E-state index is 12.7. The van der Waals surface area contributed by atoms with Gasteiger partial charge in [-0.3, -0.25) is 9.59 Å². The first-order chi connectivity index (χ1) is 11.2. The highest BCUT2D eigenvalue weighted by Crippen LogP contribution is 2.29. The van der Waals surface area contributed by atoms with E-state index in [1.165, 1.54) is 0 Å². The maximum atomic E-state index is 12.7. The number of carbonyl (C=O) groups excluding carboxylic acids is 2. The minimum Gasteiger partial charge on any atom is -0.353 e. The van der Waals surface area contributed by atoms with Crippen LogP contribution in [0.4, 0.5) is 0 Å². The van der Waals surface area contributed by atoms with Gasteiger partial charge >= 0.3 is 0 Å². The van der Waals surface area contributed by atoms with Crippen molar-refractivity contribution < 1.29 is 9.59 Å². The highest BCUT2D eigenvalue weighted by atomic mass is 16.2. The number of hydrogen-bond acceptors (Lipinski definition) is 3. The fraction of sp³-hybridized carbons (Fsp3) is 0.556. The standard InChI is InChI=1S/C18H25N3O2/c19-12-16(13-4-2-1-3-5-13)18(23)21-10-8-15(9-11-21)20-17(22)14-6-7-14/h1-5,14-16H,6-12,19H2,(H,20,22). The summed E-state index contributed by atoms with van der Waals surface area (Å²) in [6.07, 6.45) is 3.71. The third kappa shape index (κ3) is 3.91. The first kappa shape index (κ1) is 16.0. The van der Waals surface area contributed by atoms with Crippen molar-refractivity contribution in [2.45, 2.75) is 37.6 Å². The number of rotatable bonds is 5. The molecule has 1 atom stereocenters. The lowest BCUT2D eigenvalue weighted by Crippen LogP contribution is -2.48. The molecule has 1 aromatic carbocycles. The zero-order valence-corrected chi connectivity index (χ0v) is 13.4. The van der Waals surface area contributed by atoms with Gasteiger partial charge in [0.15, 0.2) is 0 Å². The molecule has 1 aromatic rings. The summed E-state index contributed by atoms with van der Waals surface area (Å²) < 4.78 is 0. The Labute approximate surface area is 137 Å². The van der Waals surface area contributed by atoms with Crippen LogP contribution in [0, 0.1) is 5.92 Å². The molecule has 1 aliphatic carbocycles. The van der Waals surface area contributed by atoms with E-state index in [4.69, 9.17) is 5.73 Å². The Morgan fingerprint density at radius 2 is 1.78 bits per heavy atom. The molecule has 23 heavy (non-hydrogen) atoms. The molecule has 3 rings (SSSR count). The molecule has 1 saturated heterocycles. The number of hydrogen-bond donors (Lipinski definition) is 2. The number of nitrogens with one attached hydrogen (secondary N) is 1. The second-order valence-corrected chi connectivity index (χ2v) is 6.58. The van der Waals surface area contributed by atoms with Crippen molar-refractivity contribution >= 4 is 11.8 Å². The van der Waals surface area contributed by atoms with Gasteiger partial charge < -0.3 is 16.0 Å².